The van der Waals surface area contributed by atoms with Crippen LogP contribution in [0.5, 0.6) is 0 Å². The molecule has 3 aromatic carbocycles. The maximum Gasteiger partial charge on any atom is 0.255 e. The van der Waals surface area contributed by atoms with Crippen LogP contribution in [-0.2, 0) is 24.3 Å². The second-order valence-corrected chi connectivity index (χ2v) is 8.15. The van der Waals surface area contributed by atoms with Gasteiger partial charge in [-0.15, -0.1) is 0 Å². The summed E-state index contributed by atoms with van der Waals surface area (Å²) in [6.45, 7) is 4.73. The lowest BCUT2D eigenvalue weighted by molar-refractivity contribution is -0.132. The fraction of sp³-hybridized carbons (Fsp3) is 0.231. The maximum absolute atomic E-state index is 13.4. The molecule has 1 aliphatic heterocycles. The molecular weight excluding hydrogens is 372 g/mol. The highest BCUT2D eigenvalue weighted by Gasteiger charge is 2.46. The highest BCUT2D eigenvalue weighted by molar-refractivity contribution is 6.02. The molecule has 0 fully saturated rings. The van der Waals surface area contributed by atoms with E-state index in [-0.39, 0.29) is 11.8 Å². The zero-order valence-corrected chi connectivity index (χ0v) is 17.4. The first-order valence-electron chi connectivity index (χ1n) is 10.2. The topological polar surface area (TPSA) is 49.4 Å². The van der Waals surface area contributed by atoms with Crippen LogP contribution in [0.1, 0.15) is 39.5 Å². The fourth-order valence-electron chi connectivity index (χ4n) is 4.01. The van der Waals surface area contributed by atoms with Gasteiger partial charge in [0.15, 0.2) is 0 Å². The standard InChI is InChI=1S/C26H26N2O2/c1-19-12-14-20(15-13-19)17-27-25(30)26(2)16-22-10-6-7-11-23(22)24(29)28(26)18-21-8-4-3-5-9-21/h3-15H,16-18H2,1-2H3,(H,27,30)/t26-/m1/s1. The lowest BCUT2D eigenvalue weighted by Crippen LogP contribution is -2.62. The summed E-state index contributed by atoms with van der Waals surface area (Å²) in [7, 11) is 0. The highest BCUT2D eigenvalue weighted by Crippen LogP contribution is 2.32. The number of nitrogens with one attached hydrogen (secondary N) is 1. The molecule has 1 heterocycles. The minimum Gasteiger partial charge on any atom is -0.350 e. The van der Waals surface area contributed by atoms with Gasteiger partial charge in [-0.2, -0.15) is 0 Å². The average molecular weight is 399 g/mol. The zero-order valence-electron chi connectivity index (χ0n) is 17.4. The molecule has 0 bridgehead atoms. The van der Waals surface area contributed by atoms with Gasteiger partial charge in [0.25, 0.3) is 5.91 Å². The molecule has 4 nitrogen and oxygen atoms in total. The van der Waals surface area contributed by atoms with Crippen molar-refractivity contribution < 1.29 is 9.59 Å². The van der Waals surface area contributed by atoms with Gasteiger partial charge in [0.05, 0.1) is 0 Å². The van der Waals surface area contributed by atoms with Crippen LogP contribution in [-0.4, -0.2) is 22.3 Å². The zero-order chi connectivity index (χ0) is 21.1. The van der Waals surface area contributed by atoms with Crippen molar-refractivity contribution >= 4 is 11.8 Å². The van der Waals surface area contributed by atoms with Crippen LogP contribution in [0.4, 0.5) is 0 Å². The van der Waals surface area contributed by atoms with Crippen LogP contribution in [0.2, 0.25) is 0 Å². The molecule has 0 aliphatic carbocycles. The molecule has 0 unspecified atom stereocenters. The molecule has 30 heavy (non-hydrogen) atoms. The molecule has 1 N–H and O–H groups in total. The van der Waals surface area contributed by atoms with Gasteiger partial charge in [-0.1, -0.05) is 78.4 Å². The molecule has 152 valence electrons. The van der Waals surface area contributed by atoms with Crippen molar-refractivity contribution in [2.45, 2.75) is 38.9 Å². The molecule has 1 aliphatic rings. The number of carbonyl (C=O) groups is 2. The predicted molar refractivity (Wildman–Crippen MR) is 118 cm³/mol. The van der Waals surface area contributed by atoms with Crippen LogP contribution in [0.25, 0.3) is 0 Å². The SMILES string of the molecule is Cc1ccc(CNC(=O)[C@@]2(C)Cc3ccccc3C(=O)N2Cc2ccccc2)cc1. The normalized spacial score (nSPS) is 18.1. The van der Waals surface area contributed by atoms with E-state index in [1.165, 1.54) is 5.56 Å². The molecule has 0 radical (unpaired) electrons. The summed E-state index contributed by atoms with van der Waals surface area (Å²) in [5, 5.41) is 3.06. The van der Waals surface area contributed by atoms with Crippen molar-refractivity contribution in [3.63, 3.8) is 0 Å². The number of benzene rings is 3. The summed E-state index contributed by atoms with van der Waals surface area (Å²) in [4.78, 5) is 28.5. The summed E-state index contributed by atoms with van der Waals surface area (Å²) < 4.78 is 0. The Bertz CT molecular complexity index is 1060. The Balaban J connectivity index is 1.63. The summed E-state index contributed by atoms with van der Waals surface area (Å²) in [5.74, 6) is -0.240. The number of rotatable bonds is 5. The first-order chi connectivity index (χ1) is 14.5. The molecule has 4 rings (SSSR count). The molecule has 0 saturated carbocycles. The van der Waals surface area contributed by atoms with Gasteiger partial charge in [-0.05, 0) is 36.6 Å². The monoisotopic (exact) mass is 398 g/mol. The van der Waals surface area contributed by atoms with Crippen LogP contribution in [0, 0.1) is 6.92 Å². The summed E-state index contributed by atoms with van der Waals surface area (Å²) >= 11 is 0. The third kappa shape index (κ3) is 3.86. The van der Waals surface area contributed by atoms with E-state index < -0.39 is 5.54 Å². The molecule has 1 atom stereocenters. The number of hydrogen-bond donors (Lipinski definition) is 1. The molecule has 2 amide bonds. The molecule has 0 saturated heterocycles. The number of carbonyl (C=O) groups excluding carboxylic acids is 2. The summed E-state index contributed by atoms with van der Waals surface area (Å²) in [6, 6.07) is 25.5. The second-order valence-electron chi connectivity index (χ2n) is 8.15. The molecular formula is C26H26N2O2. The number of nitrogens with zero attached hydrogens (tertiary/aromatic N) is 1. The Morgan fingerprint density at radius 2 is 1.60 bits per heavy atom. The van der Waals surface area contributed by atoms with Crippen molar-refractivity contribution in [2.75, 3.05) is 0 Å². The Hall–Kier alpha value is -3.40. The third-order valence-electron chi connectivity index (χ3n) is 5.87. The quantitative estimate of drug-likeness (QED) is 0.698. The van der Waals surface area contributed by atoms with E-state index in [0.29, 0.717) is 25.1 Å². The number of aryl methyl sites for hydroxylation is 1. The second kappa shape index (κ2) is 8.15. The van der Waals surface area contributed by atoms with E-state index in [1.807, 2.05) is 92.7 Å². The molecule has 0 aromatic heterocycles. The minimum absolute atomic E-state index is 0.103. The van der Waals surface area contributed by atoms with Crippen molar-refractivity contribution in [1.82, 2.24) is 10.2 Å². The predicted octanol–water partition coefficient (Wildman–Crippen LogP) is 4.27. The average Bonchev–Trinajstić information content (AvgIpc) is 2.77. The number of amides is 2. The smallest absolute Gasteiger partial charge is 0.255 e. The lowest BCUT2D eigenvalue weighted by atomic mass is 9.82. The summed E-state index contributed by atoms with van der Waals surface area (Å²) in [5.41, 5.74) is 3.85. The Morgan fingerprint density at radius 3 is 2.33 bits per heavy atom. The van der Waals surface area contributed by atoms with Gasteiger partial charge in [-0.25, -0.2) is 0 Å². The molecule has 0 spiro atoms. The van der Waals surface area contributed by atoms with Gasteiger partial charge < -0.3 is 10.2 Å². The van der Waals surface area contributed by atoms with E-state index in [4.69, 9.17) is 0 Å². The minimum atomic E-state index is -0.966. The van der Waals surface area contributed by atoms with E-state index >= 15 is 0 Å². The summed E-state index contributed by atoms with van der Waals surface area (Å²) in [6.07, 6.45) is 0.488. The van der Waals surface area contributed by atoms with Crippen LogP contribution < -0.4 is 5.32 Å². The largest absolute Gasteiger partial charge is 0.350 e. The van der Waals surface area contributed by atoms with Gasteiger partial charge in [0.2, 0.25) is 5.91 Å². The van der Waals surface area contributed by atoms with Crippen molar-refractivity contribution in [2.24, 2.45) is 0 Å². The third-order valence-corrected chi connectivity index (χ3v) is 5.87. The van der Waals surface area contributed by atoms with Crippen LogP contribution in [0.3, 0.4) is 0 Å². The van der Waals surface area contributed by atoms with Gasteiger partial charge in [0.1, 0.15) is 5.54 Å². The van der Waals surface area contributed by atoms with E-state index in [9.17, 15) is 9.59 Å². The van der Waals surface area contributed by atoms with Crippen LogP contribution in [0.15, 0.2) is 78.9 Å². The van der Waals surface area contributed by atoms with E-state index in [0.717, 1.165) is 16.7 Å². The highest BCUT2D eigenvalue weighted by atomic mass is 16.2. The molecule has 3 aromatic rings. The van der Waals surface area contributed by atoms with Gasteiger partial charge in [-0.3, -0.25) is 9.59 Å². The van der Waals surface area contributed by atoms with Crippen molar-refractivity contribution in [3.05, 3.63) is 107 Å². The van der Waals surface area contributed by atoms with Crippen LogP contribution >= 0.6 is 0 Å². The van der Waals surface area contributed by atoms with E-state index in [2.05, 4.69) is 5.32 Å². The van der Waals surface area contributed by atoms with Gasteiger partial charge >= 0.3 is 0 Å². The lowest BCUT2D eigenvalue weighted by Gasteiger charge is -2.44. The Kier molecular flexibility index (Phi) is 5.40. The number of fused-ring (bicyclic) bond motifs is 1. The Morgan fingerprint density at radius 1 is 0.933 bits per heavy atom. The van der Waals surface area contributed by atoms with Crippen molar-refractivity contribution in [1.29, 1.82) is 0 Å². The number of hydrogen-bond acceptors (Lipinski definition) is 2. The molecule has 4 heteroatoms. The fourth-order valence-corrected chi connectivity index (χ4v) is 4.01. The first kappa shape index (κ1) is 19.9. The van der Waals surface area contributed by atoms with E-state index in [1.54, 1.807) is 4.90 Å². The Labute approximate surface area is 177 Å². The maximum atomic E-state index is 13.4. The van der Waals surface area contributed by atoms with Gasteiger partial charge in [0, 0.05) is 25.1 Å². The first-order valence-corrected chi connectivity index (χ1v) is 10.2. The van der Waals surface area contributed by atoms with Crippen molar-refractivity contribution in [3.8, 4) is 0 Å².